The van der Waals surface area contributed by atoms with Gasteiger partial charge in [0.25, 0.3) is 0 Å². The molecule has 0 spiro atoms. The van der Waals surface area contributed by atoms with Gasteiger partial charge in [-0.1, -0.05) is 68.3 Å². The van der Waals surface area contributed by atoms with Gasteiger partial charge < -0.3 is 20.5 Å². The Bertz CT molecular complexity index is 1050. The number of rotatable bonds is 7. The summed E-state index contributed by atoms with van der Waals surface area (Å²) >= 11 is 6.22. The van der Waals surface area contributed by atoms with Crippen LogP contribution in [0.5, 0.6) is 0 Å². The third kappa shape index (κ3) is 10.2. The highest BCUT2D eigenvalue weighted by atomic mass is 35.5. The fourth-order valence-electron chi connectivity index (χ4n) is 4.48. The third-order valence-electron chi connectivity index (χ3n) is 6.44. The van der Waals surface area contributed by atoms with Crippen LogP contribution in [0, 0.1) is 6.92 Å². The molecule has 2 aromatic carbocycles. The molecule has 1 saturated heterocycles. The lowest BCUT2D eigenvalue weighted by Gasteiger charge is -2.28. The Balaban J connectivity index is 0.000000407. The molecule has 2 atom stereocenters. The van der Waals surface area contributed by atoms with Crippen LogP contribution in [-0.2, 0) is 14.3 Å². The molecule has 4 rings (SSSR count). The molecule has 0 aliphatic carbocycles. The van der Waals surface area contributed by atoms with Crippen LogP contribution in [0.25, 0.3) is 5.57 Å². The number of nitrogen functional groups attached to an aromatic ring is 1. The highest BCUT2D eigenvalue weighted by Crippen LogP contribution is 2.36. The van der Waals surface area contributed by atoms with Gasteiger partial charge in [-0.15, -0.1) is 0 Å². The van der Waals surface area contributed by atoms with Crippen molar-refractivity contribution < 1.29 is 19.1 Å². The largest absolute Gasteiger partial charge is 0.449 e. The number of hydrogen-bond acceptors (Lipinski definition) is 5. The van der Waals surface area contributed by atoms with E-state index in [9.17, 15) is 9.59 Å². The molecule has 214 valence electrons. The molecule has 2 unspecified atom stereocenters. The van der Waals surface area contributed by atoms with Crippen LogP contribution in [0.1, 0.15) is 75.6 Å². The van der Waals surface area contributed by atoms with Gasteiger partial charge in [0.2, 0.25) is 6.41 Å². The van der Waals surface area contributed by atoms with Crippen LogP contribution in [-0.4, -0.2) is 49.8 Å². The molecule has 8 heteroatoms. The summed E-state index contributed by atoms with van der Waals surface area (Å²) in [6.07, 6.45) is 7.51. The van der Waals surface area contributed by atoms with Crippen LogP contribution in [0.2, 0.25) is 5.02 Å². The molecule has 0 saturated carbocycles. The van der Waals surface area contributed by atoms with Crippen molar-refractivity contribution in [1.82, 2.24) is 10.2 Å². The van der Waals surface area contributed by atoms with Crippen molar-refractivity contribution in [2.45, 2.75) is 71.9 Å². The zero-order valence-electron chi connectivity index (χ0n) is 23.8. The van der Waals surface area contributed by atoms with E-state index >= 15 is 0 Å². The Hall–Kier alpha value is -3.03. The number of carbonyl (C=O) groups excluding carboxylic acids is 2. The average Bonchev–Trinajstić information content (AvgIpc) is 3.38. The van der Waals surface area contributed by atoms with E-state index in [-0.39, 0.29) is 18.2 Å². The SMILES string of the molecule is CC.CCCOC(=O)N1CCCC(c2cc(Cl)ccc2N)=CC1c1ccc(C)cc1.O=CNCC1CCCO1. The Morgan fingerprint density at radius 2 is 1.95 bits per heavy atom. The van der Waals surface area contributed by atoms with Crippen molar-refractivity contribution in [3.8, 4) is 0 Å². The maximum atomic E-state index is 12.8. The molecule has 2 aromatic rings. The first-order valence-electron chi connectivity index (χ1n) is 14.0. The number of nitrogens with zero attached hydrogens (tertiary/aromatic N) is 1. The summed E-state index contributed by atoms with van der Waals surface area (Å²) < 4.78 is 10.7. The van der Waals surface area contributed by atoms with Crippen LogP contribution in [0.15, 0.2) is 48.5 Å². The molecule has 0 radical (unpaired) electrons. The highest BCUT2D eigenvalue weighted by Gasteiger charge is 2.28. The van der Waals surface area contributed by atoms with E-state index in [4.69, 9.17) is 26.8 Å². The van der Waals surface area contributed by atoms with Crippen molar-refractivity contribution in [2.75, 3.05) is 32.0 Å². The second-order valence-corrected chi connectivity index (χ2v) is 9.79. The van der Waals surface area contributed by atoms with Gasteiger partial charge in [0, 0.05) is 36.0 Å². The molecule has 2 heterocycles. The summed E-state index contributed by atoms with van der Waals surface area (Å²) in [4.78, 5) is 24.4. The van der Waals surface area contributed by atoms with Crippen LogP contribution in [0.4, 0.5) is 10.5 Å². The molecule has 2 amide bonds. The highest BCUT2D eigenvalue weighted by molar-refractivity contribution is 6.30. The fraction of sp³-hybridized carbons (Fsp3) is 0.484. The summed E-state index contributed by atoms with van der Waals surface area (Å²) in [7, 11) is 0. The Morgan fingerprint density at radius 3 is 2.59 bits per heavy atom. The monoisotopic (exact) mass is 557 g/mol. The fourth-order valence-corrected chi connectivity index (χ4v) is 4.65. The van der Waals surface area contributed by atoms with Crippen molar-refractivity contribution in [3.05, 3.63) is 70.3 Å². The smallest absolute Gasteiger partial charge is 0.410 e. The second kappa shape index (κ2) is 17.5. The minimum atomic E-state index is -0.274. The minimum absolute atomic E-state index is 0.208. The van der Waals surface area contributed by atoms with Crippen LogP contribution >= 0.6 is 11.6 Å². The molecule has 0 bridgehead atoms. The summed E-state index contributed by atoms with van der Waals surface area (Å²) in [5, 5.41) is 3.24. The molecule has 3 N–H and O–H groups in total. The maximum absolute atomic E-state index is 12.8. The van der Waals surface area contributed by atoms with Crippen LogP contribution in [0.3, 0.4) is 0 Å². The Labute approximate surface area is 238 Å². The number of aryl methyl sites for hydroxylation is 1. The number of halogens is 1. The van der Waals surface area contributed by atoms with E-state index in [2.05, 4.69) is 42.6 Å². The molecular formula is C31H44ClN3O4. The van der Waals surface area contributed by atoms with E-state index < -0.39 is 0 Å². The number of nitrogens with two attached hydrogens (primary N) is 1. The zero-order valence-corrected chi connectivity index (χ0v) is 24.5. The second-order valence-electron chi connectivity index (χ2n) is 9.35. The number of anilines is 1. The number of nitrogens with one attached hydrogen (secondary N) is 1. The molecular weight excluding hydrogens is 514 g/mol. The van der Waals surface area contributed by atoms with E-state index in [1.807, 2.05) is 37.8 Å². The van der Waals surface area contributed by atoms with E-state index in [1.54, 1.807) is 6.07 Å². The molecule has 2 aliphatic heterocycles. The lowest BCUT2D eigenvalue weighted by atomic mass is 9.96. The number of hydrogen-bond donors (Lipinski definition) is 2. The standard InChI is InChI=1S/C23H27ClN2O2.C6H11NO2.C2H6/c1-3-13-28-23(27)26-12-4-5-18(20-15-19(24)10-11-21(20)25)14-22(26)17-8-6-16(2)7-9-17;8-5-7-4-6-2-1-3-9-6;1-2/h6-11,14-15,22H,3-5,12-13,25H2,1-2H3;5-6H,1-4H2,(H,7,8);1-2H3. The van der Waals surface area contributed by atoms with Crippen LogP contribution < -0.4 is 11.1 Å². The van der Waals surface area contributed by atoms with Gasteiger partial charge in [-0.3, -0.25) is 9.69 Å². The minimum Gasteiger partial charge on any atom is -0.449 e. The topological polar surface area (TPSA) is 93.9 Å². The lowest BCUT2D eigenvalue weighted by molar-refractivity contribution is -0.110. The molecule has 1 fully saturated rings. The summed E-state index contributed by atoms with van der Waals surface area (Å²) in [5.74, 6) is 0. The van der Waals surface area contributed by atoms with E-state index in [0.29, 0.717) is 36.8 Å². The van der Waals surface area contributed by atoms with Gasteiger partial charge in [0.1, 0.15) is 0 Å². The normalized spacial score (nSPS) is 18.4. The van der Waals surface area contributed by atoms with Gasteiger partial charge in [-0.05, 0) is 68.4 Å². The van der Waals surface area contributed by atoms with Crippen molar-refractivity contribution in [2.24, 2.45) is 0 Å². The molecule has 2 aliphatic rings. The number of carbonyl (C=O) groups is 2. The average molecular weight is 558 g/mol. The van der Waals surface area contributed by atoms with Gasteiger partial charge in [-0.2, -0.15) is 0 Å². The predicted molar refractivity (Wildman–Crippen MR) is 160 cm³/mol. The van der Waals surface area contributed by atoms with E-state index in [0.717, 1.165) is 55.4 Å². The first-order valence-corrected chi connectivity index (χ1v) is 14.4. The Kier molecular flexibility index (Phi) is 14.5. The first-order chi connectivity index (χ1) is 18.9. The number of ether oxygens (including phenoxy) is 2. The molecule has 39 heavy (non-hydrogen) atoms. The van der Waals surface area contributed by atoms with Gasteiger partial charge >= 0.3 is 6.09 Å². The van der Waals surface area contributed by atoms with E-state index in [1.165, 1.54) is 5.56 Å². The van der Waals surface area contributed by atoms with Crippen molar-refractivity contribution in [3.63, 3.8) is 0 Å². The van der Waals surface area contributed by atoms with Gasteiger partial charge in [0.05, 0.1) is 18.8 Å². The zero-order chi connectivity index (χ0) is 28.6. The maximum Gasteiger partial charge on any atom is 0.410 e. The summed E-state index contributed by atoms with van der Waals surface area (Å²) in [5.41, 5.74) is 11.2. The van der Waals surface area contributed by atoms with Crippen molar-refractivity contribution in [1.29, 1.82) is 0 Å². The first kappa shape index (κ1) is 32.2. The predicted octanol–water partition coefficient (Wildman–Crippen LogP) is 6.94. The van der Waals surface area contributed by atoms with Gasteiger partial charge in [0.15, 0.2) is 0 Å². The third-order valence-corrected chi connectivity index (χ3v) is 6.67. The number of amides is 2. The number of benzene rings is 2. The number of allylic oxidation sites excluding steroid dienone is 1. The summed E-state index contributed by atoms with van der Waals surface area (Å²) in [6, 6.07) is 13.6. The summed E-state index contributed by atoms with van der Waals surface area (Å²) in [6.45, 7) is 10.6. The van der Waals surface area contributed by atoms with Crippen molar-refractivity contribution >= 4 is 35.4 Å². The Morgan fingerprint density at radius 1 is 1.21 bits per heavy atom. The molecule has 0 aromatic heterocycles. The van der Waals surface area contributed by atoms with Gasteiger partial charge in [-0.25, -0.2) is 4.79 Å². The molecule has 7 nitrogen and oxygen atoms in total. The lowest BCUT2D eigenvalue weighted by Crippen LogP contribution is -2.35. The quantitative estimate of drug-likeness (QED) is 0.284.